The Balaban J connectivity index is 3.01. The molecule has 3 heteroatoms. The Kier molecular flexibility index (Phi) is 4.76. The molecule has 0 amide bonds. The van der Waals surface area contributed by atoms with Gasteiger partial charge in [-0.3, -0.25) is 0 Å². The van der Waals surface area contributed by atoms with Gasteiger partial charge in [0.2, 0.25) is 0 Å². The molecular formula is C15H23NO2. The smallest absolute Gasteiger partial charge is 0.329 e. The van der Waals surface area contributed by atoms with E-state index in [1.165, 1.54) is 5.56 Å². The van der Waals surface area contributed by atoms with Crippen LogP contribution >= 0.6 is 0 Å². The number of benzene rings is 1. The molecule has 3 nitrogen and oxygen atoms in total. The molecule has 18 heavy (non-hydrogen) atoms. The fourth-order valence-corrected chi connectivity index (χ4v) is 2.15. The third-order valence-electron chi connectivity index (χ3n) is 3.67. The minimum absolute atomic E-state index is 0.633. The van der Waals surface area contributed by atoms with Crippen LogP contribution in [0, 0.1) is 0 Å². The molecule has 0 saturated heterocycles. The number of carboxylic acid groups (broad SMARTS) is 1. The summed E-state index contributed by atoms with van der Waals surface area (Å²) in [4.78, 5) is 13.4. The van der Waals surface area contributed by atoms with Crippen LogP contribution in [-0.2, 0) is 11.2 Å². The molecule has 0 aliphatic carbocycles. The molecule has 0 spiro atoms. The van der Waals surface area contributed by atoms with E-state index in [9.17, 15) is 9.90 Å². The number of anilines is 1. The summed E-state index contributed by atoms with van der Waals surface area (Å²) >= 11 is 0. The lowest BCUT2D eigenvalue weighted by Crippen LogP contribution is -2.50. The lowest BCUT2D eigenvalue weighted by Gasteiger charge is -2.36. The summed E-state index contributed by atoms with van der Waals surface area (Å²) in [5.74, 6) is -0.772. The van der Waals surface area contributed by atoms with Crippen molar-refractivity contribution in [1.82, 2.24) is 0 Å². The first kappa shape index (κ1) is 14.6. The van der Waals surface area contributed by atoms with Gasteiger partial charge < -0.3 is 10.0 Å². The van der Waals surface area contributed by atoms with Gasteiger partial charge in [-0.25, -0.2) is 4.79 Å². The molecule has 0 saturated carbocycles. The van der Waals surface area contributed by atoms with Gasteiger partial charge in [0, 0.05) is 12.7 Å². The van der Waals surface area contributed by atoms with Crippen molar-refractivity contribution >= 4 is 11.7 Å². The van der Waals surface area contributed by atoms with Gasteiger partial charge in [0.05, 0.1) is 0 Å². The third-order valence-corrected chi connectivity index (χ3v) is 3.67. The number of aryl methyl sites for hydroxylation is 1. The average molecular weight is 249 g/mol. The van der Waals surface area contributed by atoms with Crippen molar-refractivity contribution in [3.05, 3.63) is 29.8 Å². The number of hydrogen-bond acceptors (Lipinski definition) is 2. The van der Waals surface area contributed by atoms with E-state index in [-0.39, 0.29) is 0 Å². The Morgan fingerprint density at radius 2 is 1.83 bits per heavy atom. The lowest BCUT2D eigenvalue weighted by atomic mass is 9.93. The fraction of sp³-hybridized carbons (Fsp3) is 0.533. The summed E-state index contributed by atoms with van der Waals surface area (Å²) in [6, 6.07) is 8.10. The largest absolute Gasteiger partial charge is 0.480 e. The number of aliphatic carboxylic acids is 1. The minimum Gasteiger partial charge on any atom is -0.480 e. The normalized spacial score (nSPS) is 14.0. The summed E-state index contributed by atoms with van der Waals surface area (Å²) < 4.78 is 0. The number of carboxylic acids is 1. The highest BCUT2D eigenvalue weighted by Gasteiger charge is 2.36. The van der Waals surface area contributed by atoms with Crippen molar-refractivity contribution in [3.63, 3.8) is 0 Å². The lowest BCUT2D eigenvalue weighted by molar-refractivity contribution is -0.143. The topological polar surface area (TPSA) is 40.5 Å². The highest BCUT2D eigenvalue weighted by Crippen LogP contribution is 2.27. The van der Waals surface area contributed by atoms with E-state index >= 15 is 0 Å². The van der Waals surface area contributed by atoms with Gasteiger partial charge in [-0.15, -0.1) is 0 Å². The van der Waals surface area contributed by atoms with E-state index in [4.69, 9.17) is 0 Å². The first-order valence-electron chi connectivity index (χ1n) is 6.51. The molecular weight excluding hydrogens is 226 g/mol. The molecule has 0 aromatic heterocycles. The van der Waals surface area contributed by atoms with E-state index in [0.29, 0.717) is 6.42 Å². The molecule has 1 atom stereocenters. The summed E-state index contributed by atoms with van der Waals surface area (Å²) in [7, 11) is 1.85. The Morgan fingerprint density at radius 1 is 1.28 bits per heavy atom. The first-order valence-corrected chi connectivity index (χ1v) is 6.51. The number of carbonyl (C=O) groups is 1. The summed E-state index contributed by atoms with van der Waals surface area (Å²) in [5.41, 5.74) is 1.37. The van der Waals surface area contributed by atoms with Crippen LogP contribution in [0.25, 0.3) is 0 Å². The Labute approximate surface area is 109 Å². The number of likely N-dealkylation sites (N-methyl/N-ethyl adjacent to an activating group) is 1. The summed E-state index contributed by atoms with van der Waals surface area (Å²) in [6.07, 6.45) is 2.48. The van der Waals surface area contributed by atoms with Gasteiger partial charge in [0.15, 0.2) is 0 Å². The van der Waals surface area contributed by atoms with E-state index < -0.39 is 11.5 Å². The van der Waals surface area contributed by atoms with Crippen molar-refractivity contribution in [1.29, 1.82) is 0 Å². The molecule has 1 N–H and O–H groups in total. The molecule has 0 aliphatic rings. The molecule has 1 unspecified atom stereocenters. The Hall–Kier alpha value is -1.51. The zero-order valence-corrected chi connectivity index (χ0v) is 11.7. The fourth-order valence-electron chi connectivity index (χ4n) is 2.15. The molecule has 0 bridgehead atoms. The summed E-state index contributed by atoms with van der Waals surface area (Å²) in [5, 5.41) is 9.45. The van der Waals surface area contributed by atoms with Crippen molar-refractivity contribution < 1.29 is 9.90 Å². The van der Waals surface area contributed by atoms with Crippen LogP contribution < -0.4 is 4.90 Å². The third kappa shape index (κ3) is 2.84. The van der Waals surface area contributed by atoms with E-state index in [1.54, 1.807) is 6.92 Å². The van der Waals surface area contributed by atoms with Crippen LogP contribution in [0.1, 0.15) is 39.2 Å². The van der Waals surface area contributed by atoms with Crippen LogP contribution in [0.15, 0.2) is 24.3 Å². The maximum Gasteiger partial charge on any atom is 0.329 e. The predicted octanol–water partition coefficient (Wildman–Crippen LogP) is 3.33. The molecule has 0 heterocycles. The second-order valence-electron chi connectivity index (χ2n) is 4.91. The highest BCUT2D eigenvalue weighted by molar-refractivity contribution is 5.83. The molecule has 0 radical (unpaired) electrons. The Bertz CT molecular complexity index is 399. The number of nitrogens with zero attached hydrogens (tertiary/aromatic N) is 1. The van der Waals surface area contributed by atoms with Crippen LogP contribution in [-0.4, -0.2) is 23.7 Å². The second-order valence-corrected chi connectivity index (χ2v) is 4.91. The van der Waals surface area contributed by atoms with E-state index in [1.807, 2.05) is 31.0 Å². The minimum atomic E-state index is -0.845. The van der Waals surface area contributed by atoms with Gasteiger partial charge in [-0.05, 0) is 37.5 Å². The molecule has 1 aromatic rings. The second kappa shape index (κ2) is 5.89. The highest BCUT2D eigenvalue weighted by atomic mass is 16.4. The zero-order chi connectivity index (χ0) is 13.8. The van der Waals surface area contributed by atoms with Gasteiger partial charge in [0.1, 0.15) is 5.54 Å². The molecule has 0 aliphatic heterocycles. The van der Waals surface area contributed by atoms with Gasteiger partial charge in [-0.2, -0.15) is 0 Å². The predicted molar refractivity (Wildman–Crippen MR) is 75.2 cm³/mol. The van der Waals surface area contributed by atoms with Gasteiger partial charge in [-0.1, -0.05) is 32.4 Å². The Morgan fingerprint density at radius 3 is 2.22 bits per heavy atom. The monoisotopic (exact) mass is 249 g/mol. The van der Waals surface area contributed by atoms with E-state index in [0.717, 1.165) is 18.5 Å². The standard InChI is InChI=1S/C15H23NO2/c1-5-11-15(3,14(17)18)16(4)13-9-7-12(6-2)8-10-13/h7-10H,5-6,11H2,1-4H3,(H,17,18). The maximum absolute atomic E-state index is 11.5. The number of rotatable bonds is 6. The molecule has 1 rings (SSSR count). The first-order chi connectivity index (χ1) is 8.45. The van der Waals surface area contributed by atoms with Gasteiger partial charge in [0.25, 0.3) is 0 Å². The van der Waals surface area contributed by atoms with Crippen molar-refractivity contribution in [2.24, 2.45) is 0 Å². The van der Waals surface area contributed by atoms with Crippen molar-refractivity contribution in [3.8, 4) is 0 Å². The van der Waals surface area contributed by atoms with Crippen LogP contribution in [0.5, 0.6) is 0 Å². The molecule has 0 fully saturated rings. The van der Waals surface area contributed by atoms with Crippen molar-refractivity contribution in [2.75, 3.05) is 11.9 Å². The van der Waals surface area contributed by atoms with Crippen LogP contribution in [0.3, 0.4) is 0 Å². The maximum atomic E-state index is 11.5. The quantitative estimate of drug-likeness (QED) is 0.840. The van der Waals surface area contributed by atoms with Crippen LogP contribution in [0.4, 0.5) is 5.69 Å². The zero-order valence-electron chi connectivity index (χ0n) is 11.7. The number of hydrogen-bond donors (Lipinski definition) is 1. The molecule has 1 aromatic carbocycles. The van der Waals surface area contributed by atoms with Crippen LogP contribution in [0.2, 0.25) is 0 Å². The van der Waals surface area contributed by atoms with Gasteiger partial charge >= 0.3 is 5.97 Å². The average Bonchev–Trinajstić information content (AvgIpc) is 2.38. The van der Waals surface area contributed by atoms with Crippen molar-refractivity contribution in [2.45, 2.75) is 45.6 Å². The van der Waals surface area contributed by atoms with E-state index in [2.05, 4.69) is 19.1 Å². The molecule has 100 valence electrons. The SMILES string of the molecule is CCCC(C)(C(=O)O)N(C)c1ccc(CC)cc1. The summed E-state index contributed by atoms with van der Waals surface area (Å²) in [6.45, 7) is 5.90.